The minimum absolute atomic E-state index is 0.0181. The van der Waals surface area contributed by atoms with E-state index in [-0.39, 0.29) is 35.6 Å². The van der Waals surface area contributed by atoms with Crippen LogP contribution in [-0.2, 0) is 16.0 Å². The zero-order valence-electron chi connectivity index (χ0n) is 17.4. The van der Waals surface area contributed by atoms with E-state index in [4.69, 9.17) is 16.3 Å². The highest BCUT2D eigenvalue weighted by Crippen LogP contribution is 2.47. The van der Waals surface area contributed by atoms with Gasteiger partial charge in [-0.3, -0.25) is 14.6 Å². The number of fused-ring (bicyclic) bond motifs is 3. The Labute approximate surface area is 190 Å². The minimum atomic E-state index is -0.766. The molecule has 0 spiro atoms. The van der Waals surface area contributed by atoms with Gasteiger partial charge in [-0.25, -0.2) is 4.39 Å². The normalized spacial score (nSPS) is 26.4. The summed E-state index contributed by atoms with van der Waals surface area (Å²) in [6.07, 6.45) is 5.51. The number of nitrogens with one attached hydrogen (secondary N) is 2. The number of halogens is 2. The van der Waals surface area contributed by atoms with Gasteiger partial charge in [0.05, 0.1) is 23.1 Å². The SMILES string of the molecule is O=C(COc1ccc(Cl)c(F)c1)NC12CCC(NC(=O)Cc3ccncc3)(CC1)C(O)C2. The molecule has 0 radical (unpaired) electrons. The molecule has 3 aliphatic carbocycles. The number of carbonyl (C=O) groups excluding carboxylic acids is 2. The van der Waals surface area contributed by atoms with Crippen molar-refractivity contribution in [2.45, 2.75) is 55.7 Å². The van der Waals surface area contributed by atoms with Crippen molar-refractivity contribution >= 4 is 23.4 Å². The summed E-state index contributed by atoms with van der Waals surface area (Å²) in [4.78, 5) is 29.0. The van der Waals surface area contributed by atoms with Crippen molar-refractivity contribution < 1.29 is 23.8 Å². The number of hydrogen-bond donors (Lipinski definition) is 3. The Kier molecular flexibility index (Phi) is 6.35. The number of amides is 2. The molecule has 1 atom stereocenters. The molecule has 9 heteroatoms. The van der Waals surface area contributed by atoms with Gasteiger partial charge in [0.25, 0.3) is 5.91 Å². The van der Waals surface area contributed by atoms with Gasteiger partial charge in [-0.1, -0.05) is 11.6 Å². The first kappa shape index (κ1) is 22.5. The molecule has 1 aromatic carbocycles. The molecule has 2 amide bonds. The Hall–Kier alpha value is -2.71. The quantitative estimate of drug-likeness (QED) is 0.588. The lowest BCUT2D eigenvalue weighted by Crippen LogP contribution is -2.70. The Morgan fingerprint density at radius 3 is 2.50 bits per heavy atom. The Balaban J connectivity index is 1.31. The summed E-state index contributed by atoms with van der Waals surface area (Å²) < 4.78 is 18.9. The fourth-order valence-electron chi connectivity index (χ4n) is 4.72. The zero-order valence-corrected chi connectivity index (χ0v) is 18.2. The topological polar surface area (TPSA) is 101 Å². The summed E-state index contributed by atoms with van der Waals surface area (Å²) in [5.41, 5.74) is -0.353. The van der Waals surface area contributed by atoms with Crippen LogP contribution in [-0.4, -0.2) is 45.7 Å². The second-order valence-electron chi connectivity index (χ2n) is 8.65. The highest BCUT2D eigenvalue weighted by Gasteiger charge is 2.55. The van der Waals surface area contributed by atoms with Crippen LogP contribution in [0.2, 0.25) is 5.02 Å². The molecule has 0 saturated heterocycles. The van der Waals surface area contributed by atoms with E-state index in [9.17, 15) is 19.1 Å². The molecule has 3 saturated carbocycles. The standard InChI is InChI=1S/C23H25ClFN3O4/c24-17-2-1-16(12-18(17)25)32-14-21(31)27-22-5-7-23(8-6-22,19(29)13-22)28-20(30)11-15-3-9-26-10-4-15/h1-4,9-10,12,19,29H,5-8,11,13-14H2,(H,27,31)(H,28,30). The molecule has 1 unspecified atom stereocenters. The molecule has 32 heavy (non-hydrogen) atoms. The second-order valence-corrected chi connectivity index (χ2v) is 9.06. The molecule has 1 aromatic heterocycles. The average molecular weight is 462 g/mol. The van der Waals surface area contributed by atoms with Crippen molar-refractivity contribution in [1.82, 2.24) is 15.6 Å². The molecule has 0 aliphatic heterocycles. The number of rotatable bonds is 7. The second kappa shape index (κ2) is 9.03. The predicted octanol–water partition coefficient (Wildman–Crippen LogP) is 2.54. The highest BCUT2D eigenvalue weighted by atomic mass is 35.5. The maximum Gasteiger partial charge on any atom is 0.258 e. The summed E-state index contributed by atoms with van der Waals surface area (Å²) in [5.74, 6) is -0.892. The summed E-state index contributed by atoms with van der Waals surface area (Å²) in [5, 5.41) is 16.9. The number of aliphatic hydroxyl groups excluding tert-OH is 1. The Bertz CT molecular complexity index is 996. The molecule has 3 N–H and O–H groups in total. The van der Waals surface area contributed by atoms with Crippen LogP contribution in [0.3, 0.4) is 0 Å². The fraction of sp³-hybridized carbons (Fsp3) is 0.435. The smallest absolute Gasteiger partial charge is 0.258 e. The van der Waals surface area contributed by atoms with Gasteiger partial charge < -0.3 is 20.5 Å². The molecular weight excluding hydrogens is 437 g/mol. The van der Waals surface area contributed by atoms with Gasteiger partial charge in [-0.05, 0) is 61.9 Å². The number of aromatic nitrogens is 1. The van der Waals surface area contributed by atoms with Crippen LogP contribution in [0.4, 0.5) is 4.39 Å². The van der Waals surface area contributed by atoms with Gasteiger partial charge >= 0.3 is 0 Å². The maximum absolute atomic E-state index is 13.5. The number of pyridine rings is 1. The first-order valence-electron chi connectivity index (χ1n) is 10.6. The van der Waals surface area contributed by atoms with Gasteiger partial charge in [0.2, 0.25) is 5.91 Å². The van der Waals surface area contributed by atoms with Crippen LogP contribution in [0.1, 0.15) is 37.7 Å². The minimum Gasteiger partial charge on any atom is -0.484 e. The van der Waals surface area contributed by atoms with Crippen LogP contribution in [0, 0.1) is 5.82 Å². The van der Waals surface area contributed by atoms with E-state index in [0.29, 0.717) is 32.1 Å². The number of ether oxygens (including phenoxy) is 1. The number of carbonyl (C=O) groups is 2. The van der Waals surface area contributed by atoms with Gasteiger partial charge in [0.1, 0.15) is 11.6 Å². The number of benzene rings is 1. The Morgan fingerprint density at radius 1 is 1.12 bits per heavy atom. The van der Waals surface area contributed by atoms with E-state index in [0.717, 1.165) is 11.6 Å². The Morgan fingerprint density at radius 2 is 1.84 bits per heavy atom. The van der Waals surface area contributed by atoms with E-state index in [1.54, 1.807) is 24.5 Å². The third-order valence-corrected chi connectivity index (χ3v) is 6.80. The van der Waals surface area contributed by atoms with Crippen molar-refractivity contribution in [3.05, 3.63) is 59.1 Å². The molecule has 170 valence electrons. The number of nitrogens with zero attached hydrogens (tertiary/aromatic N) is 1. The molecule has 3 fully saturated rings. The van der Waals surface area contributed by atoms with Gasteiger partial charge in [-0.15, -0.1) is 0 Å². The van der Waals surface area contributed by atoms with E-state index in [1.807, 2.05) is 0 Å². The van der Waals surface area contributed by atoms with Crippen LogP contribution in [0.25, 0.3) is 0 Å². The summed E-state index contributed by atoms with van der Waals surface area (Å²) in [7, 11) is 0. The zero-order chi connectivity index (χ0) is 22.8. The van der Waals surface area contributed by atoms with Crippen LogP contribution in [0.15, 0.2) is 42.7 Å². The maximum atomic E-state index is 13.5. The molecule has 2 bridgehead atoms. The monoisotopic (exact) mass is 461 g/mol. The average Bonchev–Trinajstić information content (AvgIpc) is 2.76. The third kappa shape index (κ3) is 4.86. The number of hydrogen-bond acceptors (Lipinski definition) is 5. The van der Waals surface area contributed by atoms with Crippen LogP contribution >= 0.6 is 11.6 Å². The lowest BCUT2D eigenvalue weighted by molar-refractivity contribution is -0.135. The highest BCUT2D eigenvalue weighted by molar-refractivity contribution is 6.30. The van der Waals surface area contributed by atoms with E-state index < -0.39 is 23.0 Å². The molecule has 5 rings (SSSR count). The van der Waals surface area contributed by atoms with Gasteiger partial charge in [-0.2, -0.15) is 0 Å². The predicted molar refractivity (Wildman–Crippen MR) is 116 cm³/mol. The summed E-state index contributed by atoms with van der Waals surface area (Å²) in [6, 6.07) is 7.56. The van der Waals surface area contributed by atoms with Gasteiger partial charge in [0, 0.05) is 24.0 Å². The molecular formula is C23H25ClFN3O4. The molecule has 2 aromatic rings. The van der Waals surface area contributed by atoms with Crippen LogP contribution in [0.5, 0.6) is 5.75 Å². The van der Waals surface area contributed by atoms with E-state index >= 15 is 0 Å². The first-order chi connectivity index (χ1) is 15.3. The molecule has 1 heterocycles. The lowest BCUT2D eigenvalue weighted by atomic mass is 9.60. The van der Waals surface area contributed by atoms with Crippen molar-refractivity contribution in [2.24, 2.45) is 0 Å². The van der Waals surface area contributed by atoms with Crippen molar-refractivity contribution in [3.63, 3.8) is 0 Å². The lowest BCUT2D eigenvalue weighted by Gasteiger charge is -2.56. The van der Waals surface area contributed by atoms with Crippen LogP contribution < -0.4 is 15.4 Å². The third-order valence-electron chi connectivity index (χ3n) is 6.49. The molecule has 3 aliphatic rings. The fourth-order valence-corrected chi connectivity index (χ4v) is 4.83. The largest absolute Gasteiger partial charge is 0.484 e. The summed E-state index contributed by atoms with van der Waals surface area (Å²) in [6.45, 7) is -0.271. The van der Waals surface area contributed by atoms with E-state index in [2.05, 4.69) is 15.6 Å². The first-order valence-corrected chi connectivity index (χ1v) is 10.9. The van der Waals surface area contributed by atoms with Crippen molar-refractivity contribution in [2.75, 3.05) is 6.61 Å². The van der Waals surface area contributed by atoms with Crippen molar-refractivity contribution in [3.8, 4) is 5.75 Å². The number of aliphatic hydroxyl groups is 1. The van der Waals surface area contributed by atoms with E-state index in [1.165, 1.54) is 12.1 Å². The van der Waals surface area contributed by atoms with Crippen molar-refractivity contribution in [1.29, 1.82) is 0 Å². The molecule has 7 nitrogen and oxygen atoms in total. The van der Waals surface area contributed by atoms with Gasteiger partial charge in [0.15, 0.2) is 6.61 Å². The summed E-state index contributed by atoms with van der Waals surface area (Å²) >= 11 is 5.65.